The zero-order valence-electron chi connectivity index (χ0n) is 35.7. The van der Waals surface area contributed by atoms with E-state index in [2.05, 4.69) is 245 Å². The Morgan fingerprint density at radius 1 is 0.306 bits per heavy atom. The van der Waals surface area contributed by atoms with Crippen LogP contribution in [0.1, 0.15) is 72.2 Å². The number of nitrogens with zero attached hydrogens (tertiary/aromatic N) is 1. The van der Waals surface area contributed by atoms with Crippen LogP contribution in [0.25, 0.3) is 44.5 Å². The second kappa shape index (κ2) is 13.4. The van der Waals surface area contributed by atoms with Crippen LogP contribution in [-0.4, -0.2) is 0 Å². The molecule has 0 saturated heterocycles. The van der Waals surface area contributed by atoms with Crippen LogP contribution in [0.5, 0.6) is 0 Å². The normalized spacial score (nSPS) is 15.2. The summed E-state index contributed by atoms with van der Waals surface area (Å²) in [6.07, 6.45) is 0. The topological polar surface area (TPSA) is 3.24 Å². The van der Waals surface area contributed by atoms with Gasteiger partial charge < -0.3 is 4.90 Å². The fraction of sp³-hybridized carbons (Fsp3) is 0.115. The molecule has 0 saturated carbocycles. The van der Waals surface area contributed by atoms with E-state index in [9.17, 15) is 0 Å². The molecule has 0 atom stereocenters. The van der Waals surface area contributed by atoms with Crippen molar-refractivity contribution in [3.8, 4) is 44.5 Å². The molecule has 1 heteroatoms. The van der Waals surface area contributed by atoms with Crippen LogP contribution in [0.15, 0.2) is 212 Å². The Hall–Kier alpha value is -7.22. The van der Waals surface area contributed by atoms with Gasteiger partial charge in [0, 0.05) is 27.8 Å². The summed E-state index contributed by atoms with van der Waals surface area (Å²) in [7, 11) is 0. The third-order valence-electron chi connectivity index (χ3n) is 14.5. The second-order valence-corrected chi connectivity index (χ2v) is 18.4. The van der Waals surface area contributed by atoms with Crippen LogP contribution in [0.4, 0.5) is 17.1 Å². The van der Waals surface area contributed by atoms with Crippen LogP contribution in [0, 0.1) is 0 Å². The molecule has 0 radical (unpaired) electrons. The zero-order valence-corrected chi connectivity index (χ0v) is 35.7. The summed E-state index contributed by atoms with van der Waals surface area (Å²) < 4.78 is 0. The average molecular weight is 794 g/mol. The van der Waals surface area contributed by atoms with E-state index in [4.69, 9.17) is 0 Å². The van der Waals surface area contributed by atoms with Crippen LogP contribution >= 0.6 is 0 Å². The Morgan fingerprint density at radius 3 is 1.50 bits per heavy atom. The van der Waals surface area contributed by atoms with Crippen LogP contribution < -0.4 is 4.90 Å². The third-order valence-corrected chi connectivity index (χ3v) is 14.5. The van der Waals surface area contributed by atoms with Gasteiger partial charge in [-0.25, -0.2) is 0 Å². The SMILES string of the molecule is CC1(C)c2ccccc2-c2cc(-c3cccc(N(c4ccc5c(c4)C(C)(C)c4ccccc4-5)c4cccc5c4-c4ccccc4C5(c4ccccc4)c4ccccc4)c3)ccc21. The molecule has 0 aliphatic heterocycles. The van der Waals surface area contributed by atoms with Crippen molar-refractivity contribution in [3.63, 3.8) is 0 Å². The molecule has 0 fully saturated rings. The van der Waals surface area contributed by atoms with Crippen LogP contribution in [0.2, 0.25) is 0 Å². The van der Waals surface area contributed by atoms with Crippen molar-refractivity contribution in [1.82, 2.24) is 0 Å². The number of rotatable bonds is 6. The monoisotopic (exact) mass is 793 g/mol. The summed E-state index contributed by atoms with van der Waals surface area (Å²) in [6, 6.07) is 79.7. The lowest BCUT2D eigenvalue weighted by atomic mass is 9.68. The van der Waals surface area contributed by atoms with Gasteiger partial charge in [0.15, 0.2) is 0 Å². The number of benzene rings is 9. The molecule has 0 unspecified atom stereocenters. The summed E-state index contributed by atoms with van der Waals surface area (Å²) in [5.74, 6) is 0. The van der Waals surface area contributed by atoms with Crippen molar-refractivity contribution >= 4 is 17.1 Å². The lowest BCUT2D eigenvalue weighted by Gasteiger charge is -2.34. The van der Waals surface area contributed by atoms with Gasteiger partial charge in [0.1, 0.15) is 0 Å². The summed E-state index contributed by atoms with van der Waals surface area (Å²) >= 11 is 0. The van der Waals surface area contributed by atoms with E-state index in [0.29, 0.717) is 0 Å². The first-order valence-corrected chi connectivity index (χ1v) is 22.0. The van der Waals surface area contributed by atoms with E-state index in [1.54, 1.807) is 0 Å². The maximum Gasteiger partial charge on any atom is 0.0714 e. The number of anilines is 3. The van der Waals surface area contributed by atoms with Gasteiger partial charge in [-0.3, -0.25) is 0 Å². The molecule has 3 aliphatic carbocycles. The van der Waals surface area contributed by atoms with Crippen molar-refractivity contribution in [2.24, 2.45) is 0 Å². The van der Waals surface area contributed by atoms with Gasteiger partial charge >= 0.3 is 0 Å². The van der Waals surface area contributed by atoms with E-state index in [1.807, 2.05) is 0 Å². The van der Waals surface area contributed by atoms with E-state index < -0.39 is 5.41 Å². The summed E-state index contributed by atoms with van der Waals surface area (Å²) in [5.41, 5.74) is 23.7. The van der Waals surface area contributed by atoms with E-state index in [0.717, 1.165) is 11.4 Å². The van der Waals surface area contributed by atoms with Crippen molar-refractivity contribution in [1.29, 1.82) is 0 Å². The van der Waals surface area contributed by atoms with E-state index in [1.165, 1.54) is 94.7 Å². The number of hydrogen-bond acceptors (Lipinski definition) is 1. The van der Waals surface area contributed by atoms with Gasteiger partial charge in [-0.05, 0) is 120 Å². The molecule has 9 aromatic carbocycles. The number of fused-ring (bicyclic) bond motifs is 9. The van der Waals surface area contributed by atoms with Crippen molar-refractivity contribution < 1.29 is 0 Å². The molecule has 0 amide bonds. The molecule has 3 aliphatic rings. The average Bonchev–Trinajstić information content (AvgIpc) is 3.85. The lowest BCUT2D eigenvalue weighted by Crippen LogP contribution is -2.28. The number of hydrogen-bond donors (Lipinski definition) is 0. The molecule has 1 nitrogen and oxygen atoms in total. The first-order chi connectivity index (χ1) is 30.3. The minimum Gasteiger partial charge on any atom is -0.310 e. The van der Waals surface area contributed by atoms with E-state index in [-0.39, 0.29) is 10.8 Å². The molecular formula is C61H47N. The van der Waals surface area contributed by atoms with Gasteiger partial charge in [-0.15, -0.1) is 0 Å². The first kappa shape index (κ1) is 36.6. The molecule has 0 aromatic heterocycles. The Morgan fingerprint density at radius 2 is 0.806 bits per heavy atom. The van der Waals surface area contributed by atoms with Gasteiger partial charge in [0.25, 0.3) is 0 Å². The molecule has 0 N–H and O–H groups in total. The quantitative estimate of drug-likeness (QED) is 0.162. The van der Waals surface area contributed by atoms with Crippen molar-refractivity contribution in [2.45, 2.75) is 43.9 Å². The molecule has 0 bridgehead atoms. The minimum absolute atomic E-state index is 0.0389. The van der Waals surface area contributed by atoms with E-state index >= 15 is 0 Å². The lowest BCUT2D eigenvalue weighted by molar-refractivity contribution is 0.660. The Balaban J connectivity index is 1.11. The summed E-state index contributed by atoms with van der Waals surface area (Å²) in [5, 5.41) is 0. The van der Waals surface area contributed by atoms with Crippen molar-refractivity contribution in [2.75, 3.05) is 4.90 Å². The molecular weight excluding hydrogens is 747 g/mol. The standard InChI is InChI=1S/C61H47N/c1-59(2)52-29-15-12-26-47(52)50-38-41(33-36-53(50)59)40-19-17-24-44(37-40)62(45-34-35-48-46-25-11-14-28-51(46)60(3,4)56(48)39-45)57-32-18-31-55-58(57)49-27-13-16-30-54(49)61(55,42-20-7-5-8-21-42)43-22-9-6-10-23-43/h5-39H,1-4H3. The van der Waals surface area contributed by atoms with Gasteiger partial charge in [-0.1, -0.05) is 204 Å². The van der Waals surface area contributed by atoms with Crippen molar-refractivity contribution in [3.05, 3.63) is 257 Å². The Kier molecular flexibility index (Phi) is 7.91. The summed E-state index contributed by atoms with van der Waals surface area (Å²) in [6.45, 7) is 9.47. The fourth-order valence-corrected chi connectivity index (χ4v) is 11.6. The van der Waals surface area contributed by atoms with Crippen LogP contribution in [-0.2, 0) is 16.2 Å². The highest BCUT2D eigenvalue weighted by Crippen LogP contribution is 2.60. The Bertz CT molecular complexity index is 3200. The fourth-order valence-electron chi connectivity index (χ4n) is 11.6. The smallest absolute Gasteiger partial charge is 0.0714 e. The molecule has 12 rings (SSSR count). The maximum absolute atomic E-state index is 2.54. The highest BCUT2D eigenvalue weighted by atomic mass is 15.1. The third kappa shape index (κ3) is 5.03. The largest absolute Gasteiger partial charge is 0.310 e. The Labute approximate surface area is 365 Å². The molecule has 296 valence electrons. The second-order valence-electron chi connectivity index (χ2n) is 18.4. The van der Waals surface area contributed by atoms with Gasteiger partial charge in [0.2, 0.25) is 0 Å². The highest BCUT2D eigenvalue weighted by Gasteiger charge is 2.47. The molecule has 0 heterocycles. The molecule has 0 spiro atoms. The first-order valence-electron chi connectivity index (χ1n) is 22.0. The van der Waals surface area contributed by atoms with Gasteiger partial charge in [-0.2, -0.15) is 0 Å². The maximum atomic E-state index is 2.54. The zero-order chi connectivity index (χ0) is 41.8. The molecule has 9 aromatic rings. The predicted octanol–water partition coefficient (Wildman–Crippen LogP) is 15.8. The molecule has 62 heavy (non-hydrogen) atoms. The summed E-state index contributed by atoms with van der Waals surface area (Å²) in [4.78, 5) is 2.54. The van der Waals surface area contributed by atoms with Crippen LogP contribution in [0.3, 0.4) is 0 Å². The minimum atomic E-state index is -0.506. The highest BCUT2D eigenvalue weighted by molar-refractivity contribution is 5.98. The van der Waals surface area contributed by atoms with Gasteiger partial charge in [0.05, 0.1) is 11.1 Å². The predicted molar refractivity (Wildman–Crippen MR) is 259 cm³/mol.